The molecule has 1 fully saturated rings. The van der Waals surface area contributed by atoms with E-state index in [2.05, 4.69) is 22.0 Å². The number of nitrogens with zero attached hydrogens (tertiary/aromatic N) is 4. The molecule has 1 aromatic heterocycles. The van der Waals surface area contributed by atoms with Crippen LogP contribution in [0.5, 0.6) is 0 Å². The number of hydrogen-bond donors (Lipinski definition) is 1. The predicted octanol–water partition coefficient (Wildman–Crippen LogP) is 2.25. The van der Waals surface area contributed by atoms with E-state index < -0.39 is 4.92 Å². The molecular formula is C20H21FN5O3+. The van der Waals surface area contributed by atoms with Crippen LogP contribution in [0, 0.1) is 15.9 Å². The summed E-state index contributed by atoms with van der Waals surface area (Å²) in [6.07, 6.45) is 0. The fourth-order valence-electron chi connectivity index (χ4n) is 3.56. The second-order valence-electron chi connectivity index (χ2n) is 7.09. The minimum Gasteiger partial charge on any atom is -0.415 e. The van der Waals surface area contributed by atoms with Crippen molar-refractivity contribution in [1.29, 1.82) is 0 Å². The number of nitro groups is 1. The molecule has 150 valence electrons. The fourth-order valence-corrected chi connectivity index (χ4v) is 3.56. The topological polar surface area (TPSA) is 89.7 Å². The molecule has 1 aliphatic rings. The van der Waals surface area contributed by atoms with Crippen LogP contribution in [0.2, 0.25) is 0 Å². The molecule has 1 saturated heterocycles. The van der Waals surface area contributed by atoms with Crippen LogP contribution in [0.15, 0.2) is 52.9 Å². The maximum absolute atomic E-state index is 13.1. The van der Waals surface area contributed by atoms with Crippen molar-refractivity contribution >= 4 is 11.4 Å². The maximum Gasteiger partial charge on any atom is 0.274 e. The Labute approximate surface area is 166 Å². The molecule has 0 radical (unpaired) electrons. The SMILES string of the molecule is C[C@@H](c1nnc(-c2ccc([N+](=O)[O-])cc2)o1)[NH+]1CCN(c2ccc(F)cc2)CC1. The van der Waals surface area contributed by atoms with E-state index in [1.165, 1.54) is 29.2 Å². The first kappa shape index (κ1) is 19.0. The van der Waals surface area contributed by atoms with Gasteiger partial charge in [-0.15, -0.1) is 10.2 Å². The Hall–Kier alpha value is -3.33. The molecule has 0 bridgehead atoms. The van der Waals surface area contributed by atoms with Crippen LogP contribution >= 0.6 is 0 Å². The van der Waals surface area contributed by atoms with Crippen LogP contribution in [0.25, 0.3) is 11.5 Å². The van der Waals surface area contributed by atoms with Gasteiger partial charge in [-0.1, -0.05) is 0 Å². The van der Waals surface area contributed by atoms with Crippen LogP contribution in [0.1, 0.15) is 18.9 Å². The normalized spacial score (nSPS) is 16.0. The zero-order valence-electron chi connectivity index (χ0n) is 15.9. The van der Waals surface area contributed by atoms with Crippen molar-refractivity contribution in [3.63, 3.8) is 0 Å². The van der Waals surface area contributed by atoms with Gasteiger partial charge in [-0.2, -0.15) is 0 Å². The molecule has 4 rings (SSSR count). The van der Waals surface area contributed by atoms with Crippen molar-refractivity contribution in [1.82, 2.24) is 10.2 Å². The first-order valence-corrected chi connectivity index (χ1v) is 9.44. The van der Waals surface area contributed by atoms with E-state index in [1.807, 2.05) is 0 Å². The second-order valence-corrected chi connectivity index (χ2v) is 7.09. The Bertz CT molecular complexity index is 982. The summed E-state index contributed by atoms with van der Waals surface area (Å²) in [7, 11) is 0. The van der Waals surface area contributed by atoms with Gasteiger partial charge in [0.25, 0.3) is 11.6 Å². The van der Waals surface area contributed by atoms with Crippen molar-refractivity contribution in [3.8, 4) is 11.5 Å². The predicted molar refractivity (Wildman–Crippen MR) is 104 cm³/mol. The Morgan fingerprint density at radius 1 is 1.10 bits per heavy atom. The molecule has 0 amide bonds. The van der Waals surface area contributed by atoms with Crippen LogP contribution < -0.4 is 9.80 Å². The summed E-state index contributed by atoms with van der Waals surface area (Å²) in [6, 6.07) is 12.7. The van der Waals surface area contributed by atoms with Crippen LogP contribution in [-0.4, -0.2) is 41.3 Å². The molecule has 0 aliphatic carbocycles. The number of nitro benzene ring substituents is 1. The summed E-state index contributed by atoms with van der Waals surface area (Å²) in [4.78, 5) is 13.9. The molecule has 1 atom stereocenters. The smallest absolute Gasteiger partial charge is 0.274 e. The van der Waals surface area contributed by atoms with Gasteiger partial charge >= 0.3 is 0 Å². The minimum absolute atomic E-state index is 0.0188. The molecule has 0 spiro atoms. The second kappa shape index (κ2) is 7.96. The molecule has 0 saturated carbocycles. The molecule has 29 heavy (non-hydrogen) atoms. The Kier molecular flexibility index (Phi) is 5.22. The van der Waals surface area contributed by atoms with E-state index in [0.29, 0.717) is 17.3 Å². The van der Waals surface area contributed by atoms with Crippen molar-refractivity contribution in [2.45, 2.75) is 13.0 Å². The Morgan fingerprint density at radius 2 is 1.76 bits per heavy atom. The van der Waals surface area contributed by atoms with E-state index in [4.69, 9.17) is 4.42 Å². The summed E-state index contributed by atoms with van der Waals surface area (Å²) < 4.78 is 19.0. The number of rotatable bonds is 5. The monoisotopic (exact) mass is 398 g/mol. The summed E-state index contributed by atoms with van der Waals surface area (Å²) >= 11 is 0. The number of benzene rings is 2. The van der Waals surface area contributed by atoms with Gasteiger partial charge in [0, 0.05) is 23.4 Å². The average Bonchev–Trinajstić information content (AvgIpc) is 3.24. The quantitative estimate of drug-likeness (QED) is 0.524. The van der Waals surface area contributed by atoms with Crippen LogP contribution in [0.4, 0.5) is 15.8 Å². The lowest BCUT2D eigenvalue weighted by Crippen LogP contribution is -3.14. The molecule has 2 heterocycles. The molecule has 0 unspecified atom stereocenters. The van der Waals surface area contributed by atoms with Crippen LogP contribution in [-0.2, 0) is 0 Å². The number of halogens is 1. The molecule has 1 N–H and O–H groups in total. The van der Waals surface area contributed by atoms with E-state index in [9.17, 15) is 14.5 Å². The van der Waals surface area contributed by atoms with E-state index >= 15 is 0 Å². The first-order valence-electron chi connectivity index (χ1n) is 9.44. The minimum atomic E-state index is -0.444. The molecule has 9 heteroatoms. The third-order valence-electron chi connectivity index (χ3n) is 5.35. The number of piperazine rings is 1. The van der Waals surface area contributed by atoms with E-state index in [0.717, 1.165) is 31.9 Å². The lowest BCUT2D eigenvalue weighted by atomic mass is 10.2. The number of non-ortho nitro benzene ring substituents is 1. The van der Waals surface area contributed by atoms with Crippen molar-refractivity contribution in [2.24, 2.45) is 0 Å². The van der Waals surface area contributed by atoms with Crippen molar-refractivity contribution in [3.05, 3.63) is 70.4 Å². The van der Waals surface area contributed by atoms with Gasteiger partial charge in [-0.05, 0) is 43.3 Å². The van der Waals surface area contributed by atoms with Crippen molar-refractivity contribution < 1.29 is 18.6 Å². The van der Waals surface area contributed by atoms with Gasteiger partial charge < -0.3 is 14.2 Å². The molecular weight excluding hydrogens is 377 g/mol. The summed E-state index contributed by atoms with van der Waals surface area (Å²) in [5, 5.41) is 19.1. The van der Waals surface area contributed by atoms with Crippen molar-refractivity contribution in [2.75, 3.05) is 31.1 Å². The highest BCUT2D eigenvalue weighted by atomic mass is 19.1. The van der Waals surface area contributed by atoms with Gasteiger partial charge in [0.2, 0.25) is 5.89 Å². The molecule has 8 nitrogen and oxygen atoms in total. The third-order valence-corrected chi connectivity index (χ3v) is 5.35. The molecule has 3 aromatic rings. The number of hydrogen-bond acceptors (Lipinski definition) is 6. The zero-order valence-corrected chi connectivity index (χ0v) is 15.9. The van der Waals surface area contributed by atoms with Gasteiger partial charge in [-0.3, -0.25) is 10.1 Å². The maximum atomic E-state index is 13.1. The number of anilines is 1. The first-order chi connectivity index (χ1) is 14.0. The highest BCUT2D eigenvalue weighted by Crippen LogP contribution is 2.22. The van der Waals surface area contributed by atoms with Gasteiger partial charge in [-0.25, -0.2) is 4.39 Å². The lowest BCUT2D eigenvalue weighted by molar-refractivity contribution is -0.931. The average molecular weight is 398 g/mol. The zero-order chi connectivity index (χ0) is 20.4. The Balaban J connectivity index is 1.40. The highest BCUT2D eigenvalue weighted by Gasteiger charge is 2.29. The third kappa shape index (κ3) is 4.09. The number of aromatic nitrogens is 2. The standard InChI is InChI=1S/C20H20FN5O3/c1-14(24-10-12-25(13-11-24)17-8-4-16(21)5-9-17)19-22-23-20(29-19)15-2-6-18(7-3-15)26(27)28/h2-9,14H,10-13H2,1H3/p+1/t14-/m0/s1. The lowest BCUT2D eigenvalue weighted by Gasteiger charge is -2.35. The van der Waals surface area contributed by atoms with Gasteiger partial charge in [0.05, 0.1) is 31.1 Å². The van der Waals surface area contributed by atoms with Crippen LogP contribution in [0.3, 0.4) is 0 Å². The van der Waals surface area contributed by atoms with E-state index in [-0.39, 0.29) is 17.5 Å². The number of nitrogens with one attached hydrogen (secondary N) is 1. The fraction of sp³-hybridized carbons (Fsp3) is 0.300. The van der Waals surface area contributed by atoms with E-state index in [1.54, 1.807) is 24.3 Å². The Morgan fingerprint density at radius 3 is 2.38 bits per heavy atom. The van der Waals surface area contributed by atoms with Gasteiger partial charge in [0.1, 0.15) is 5.82 Å². The molecule has 1 aliphatic heterocycles. The largest absolute Gasteiger partial charge is 0.415 e. The summed E-state index contributed by atoms with van der Waals surface area (Å²) in [5.41, 5.74) is 1.69. The summed E-state index contributed by atoms with van der Waals surface area (Å²) in [5.74, 6) is 0.668. The summed E-state index contributed by atoms with van der Waals surface area (Å²) in [6.45, 7) is 5.56. The highest BCUT2D eigenvalue weighted by molar-refractivity contribution is 5.55. The number of quaternary nitrogens is 1. The van der Waals surface area contributed by atoms with Gasteiger partial charge in [0.15, 0.2) is 6.04 Å². The molecule has 2 aromatic carbocycles.